The zero-order chi connectivity index (χ0) is 28.3. The second-order valence-corrected chi connectivity index (χ2v) is 12.3. The van der Waals surface area contributed by atoms with Crippen LogP contribution < -0.4 is 20.7 Å². The molecule has 12 nitrogen and oxygen atoms in total. The van der Waals surface area contributed by atoms with Gasteiger partial charge in [-0.15, -0.1) is 0 Å². The zero-order valence-corrected chi connectivity index (χ0v) is 23.8. The van der Waals surface area contributed by atoms with Crippen molar-refractivity contribution < 1.29 is 23.1 Å². The third-order valence-electron chi connectivity index (χ3n) is 6.80. The first-order valence-electron chi connectivity index (χ1n) is 13.5. The van der Waals surface area contributed by atoms with Crippen molar-refractivity contribution in [2.75, 3.05) is 24.8 Å². The fourth-order valence-electron chi connectivity index (χ4n) is 4.69. The van der Waals surface area contributed by atoms with Crippen LogP contribution in [0.5, 0.6) is 5.75 Å². The SMILES string of the molecule is COC(=O)[C@H](CC(C)C)NP(=O)(OC[C@@H]1C=C[C@H](n2cnc3c(NC4CC4)nc(N)nc32)C1)Oc1ccccc1. The summed E-state index contributed by atoms with van der Waals surface area (Å²) >= 11 is 0. The van der Waals surface area contributed by atoms with E-state index in [2.05, 4.69) is 25.4 Å². The molecule has 1 fully saturated rings. The van der Waals surface area contributed by atoms with E-state index in [0.717, 1.165) is 12.8 Å². The molecule has 4 atom stereocenters. The highest BCUT2D eigenvalue weighted by Gasteiger charge is 2.36. The molecule has 2 aliphatic rings. The van der Waals surface area contributed by atoms with Crippen LogP contribution >= 0.6 is 7.75 Å². The minimum atomic E-state index is -3.96. The lowest BCUT2D eigenvalue weighted by Gasteiger charge is -2.26. The maximum absolute atomic E-state index is 14.0. The van der Waals surface area contributed by atoms with Crippen LogP contribution in [0.15, 0.2) is 48.8 Å². The largest absolute Gasteiger partial charge is 0.468 e. The van der Waals surface area contributed by atoms with Gasteiger partial charge in [0.25, 0.3) is 0 Å². The molecule has 214 valence electrons. The summed E-state index contributed by atoms with van der Waals surface area (Å²) in [6, 6.07) is 8.23. The number of methoxy groups -OCH3 is 1. The Kier molecular flexibility index (Phi) is 8.39. The molecule has 1 aromatic carbocycles. The van der Waals surface area contributed by atoms with Crippen molar-refractivity contribution in [1.82, 2.24) is 24.6 Å². The summed E-state index contributed by atoms with van der Waals surface area (Å²) in [5.74, 6) is 0.746. The quantitative estimate of drug-likeness (QED) is 0.152. The second-order valence-electron chi connectivity index (χ2n) is 10.7. The van der Waals surface area contributed by atoms with Crippen molar-refractivity contribution in [1.29, 1.82) is 0 Å². The topological polar surface area (TPSA) is 156 Å². The number of imidazole rings is 1. The molecule has 1 unspecified atom stereocenters. The normalized spacial score (nSPS) is 20.9. The third kappa shape index (κ3) is 6.80. The molecule has 3 aromatic rings. The molecule has 5 rings (SSSR count). The molecule has 1 saturated carbocycles. The van der Waals surface area contributed by atoms with E-state index >= 15 is 0 Å². The number of allylic oxidation sites excluding steroid dienone is 1. The third-order valence-corrected chi connectivity index (χ3v) is 8.37. The van der Waals surface area contributed by atoms with Gasteiger partial charge < -0.3 is 24.9 Å². The Morgan fingerprint density at radius 3 is 2.67 bits per heavy atom. The summed E-state index contributed by atoms with van der Waals surface area (Å²) in [6.07, 6.45) is 9.08. The Hall–Kier alpha value is -3.47. The standard InChI is InChI=1S/C27H36N7O5P/c1-17(2)13-22(26(35)37-3)33-40(36,39-21-7-5-4-6-8-21)38-15-18-9-12-20(14-18)34-16-29-23-24(30-19-10-11-19)31-27(28)32-25(23)34/h4-9,12,16-20,22H,10-11,13-15H2,1-3H3,(H,33,36)(H3,28,30,31,32)/t18-,20+,22+,40?/m1/s1. The molecule has 0 radical (unpaired) electrons. The average molecular weight is 570 g/mol. The highest BCUT2D eigenvalue weighted by Crippen LogP contribution is 2.46. The Morgan fingerprint density at radius 1 is 1.20 bits per heavy atom. The monoisotopic (exact) mass is 569 g/mol. The lowest BCUT2D eigenvalue weighted by Crippen LogP contribution is -2.38. The molecule has 2 aliphatic carbocycles. The maximum atomic E-state index is 14.0. The van der Waals surface area contributed by atoms with Crippen LogP contribution in [0.2, 0.25) is 0 Å². The number of ether oxygens (including phenoxy) is 1. The van der Waals surface area contributed by atoms with Gasteiger partial charge in [-0.3, -0.25) is 9.32 Å². The number of carbonyl (C=O) groups excluding carboxylic acids is 1. The van der Waals surface area contributed by atoms with Gasteiger partial charge in [-0.05, 0) is 43.7 Å². The lowest BCUT2D eigenvalue weighted by molar-refractivity contribution is -0.143. The Bertz CT molecular complexity index is 1410. The van der Waals surface area contributed by atoms with Gasteiger partial charge in [0, 0.05) is 12.0 Å². The number of nitrogens with two attached hydrogens (primary N) is 1. The molecule has 13 heteroatoms. The van der Waals surface area contributed by atoms with Crippen molar-refractivity contribution in [3.8, 4) is 5.75 Å². The molecule has 0 spiro atoms. The minimum Gasteiger partial charge on any atom is -0.468 e. The first-order chi connectivity index (χ1) is 19.2. The number of fused-ring (bicyclic) bond motifs is 1. The van der Waals surface area contributed by atoms with Crippen molar-refractivity contribution >= 4 is 36.6 Å². The Morgan fingerprint density at radius 2 is 1.98 bits per heavy atom. The van der Waals surface area contributed by atoms with Gasteiger partial charge in [0.1, 0.15) is 11.8 Å². The van der Waals surface area contributed by atoms with E-state index in [1.165, 1.54) is 7.11 Å². The molecule has 0 amide bonds. The fourth-order valence-corrected chi connectivity index (χ4v) is 6.25. The number of para-hydroxylation sites is 1. The van der Waals surface area contributed by atoms with Gasteiger partial charge in [-0.1, -0.05) is 44.2 Å². The highest BCUT2D eigenvalue weighted by molar-refractivity contribution is 7.52. The predicted molar refractivity (Wildman–Crippen MR) is 152 cm³/mol. The second kappa shape index (κ2) is 12.0. The Balaban J connectivity index is 1.29. The summed E-state index contributed by atoms with van der Waals surface area (Å²) < 4.78 is 32.6. The highest BCUT2D eigenvalue weighted by atomic mass is 31.2. The molecule has 40 heavy (non-hydrogen) atoms. The number of aromatic nitrogens is 4. The molecular weight excluding hydrogens is 533 g/mol. The summed E-state index contributed by atoms with van der Waals surface area (Å²) in [7, 11) is -2.66. The van der Waals surface area contributed by atoms with Crippen LogP contribution in [0, 0.1) is 11.8 Å². The number of rotatable bonds is 13. The number of hydrogen-bond donors (Lipinski definition) is 3. The maximum Gasteiger partial charge on any atom is 0.459 e. The van der Waals surface area contributed by atoms with E-state index in [4.69, 9.17) is 19.5 Å². The minimum absolute atomic E-state index is 0.0483. The summed E-state index contributed by atoms with van der Waals surface area (Å²) in [5, 5.41) is 6.22. The number of anilines is 2. The van der Waals surface area contributed by atoms with Crippen molar-refractivity contribution in [2.45, 2.75) is 57.7 Å². The molecule has 2 heterocycles. The van der Waals surface area contributed by atoms with Crippen molar-refractivity contribution in [3.63, 3.8) is 0 Å². The van der Waals surface area contributed by atoms with Gasteiger partial charge in [0.2, 0.25) is 5.95 Å². The molecule has 0 aliphatic heterocycles. The van der Waals surface area contributed by atoms with Crippen molar-refractivity contribution in [3.05, 3.63) is 48.8 Å². The lowest BCUT2D eigenvalue weighted by atomic mass is 10.1. The number of benzene rings is 1. The number of nitrogens with zero attached hydrogens (tertiary/aromatic N) is 4. The number of nitrogen functional groups attached to an aromatic ring is 1. The van der Waals surface area contributed by atoms with Gasteiger partial charge in [-0.25, -0.2) is 9.55 Å². The average Bonchev–Trinajstić information content (AvgIpc) is 3.43. The van der Waals surface area contributed by atoms with Crippen molar-refractivity contribution in [2.24, 2.45) is 11.8 Å². The van der Waals surface area contributed by atoms with E-state index in [1.807, 2.05) is 36.6 Å². The number of carbonyl (C=O) groups is 1. The summed E-state index contributed by atoms with van der Waals surface area (Å²) in [5.41, 5.74) is 7.34. The van der Waals surface area contributed by atoms with Gasteiger partial charge in [0.05, 0.1) is 26.1 Å². The fraction of sp³-hybridized carbons (Fsp3) is 0.481. The van der Waals surface area contributed by atoms with Crippen LogP contribution in [0.25, 0.3) is 11.2 Å². The van der Waals surface area contributed by atoms with E-state index in [0.29, 0.717) is 41.6 Å². The molecule has 4 N–H and O–H groups in total. The summed E-state index contributed by atoms with van der Waals surface area (Å²) in [6.45, 7) is 4.04. The predicted octanol–water partition coefficient (Wildman–Crippen LogP) is 4.48. The van der Waals surface area contributed by atoms with Gasteiger partial charge >= 0.3 is 13.7 Å². The van der Waals surface area contributed by atoms with Crippen LogP contribution in [-0.2, 0) is 18.6 Å². The van der Waals surface area contributed by atoms with E-state index < -0.39 is 19.8 Å². The van der Waals surface area contributed by atoms with Gasteiger partial charge in [0.15, 0.2) is 17.0 Å². The molecule has 0 bridgehead atoms. The first kappa shape index (κ1) is 28.1. The van der Waals surface area contributed by atoms with E-state index in [-0.39, 0.29) is 30.4 Å². The van der Waals surface area contributed by atoms with Crippen LogP contribution in [0.1, 0.15) is 45.6 Å². The van der Waals surface area contributed by atoms with Gasteiger partial charge in [-0.2, -0.15) is 15.1 Å². The number of hydrogen-bond acceptors (Lipinski definition) is 10. The number of esters is 1. The van der Waals surface area contributed by atoms with E-state index in [9.17, 15) is 9.36 Å². The number of nitrogens with one attached hydrogen (secondary N) is 2. The Labute approximate surface area is 233 Å². The molecular formula is C27H36N7O5P. The molecule has 0 saturated heterocycles. The van der Waals surface area contributed by atoms with Crippen LogP contribution in [0.4, 0.5) is 11.8 Å². The smallest absolute Gasteiger partial charge is 0.459 e. The summed E-state index contributed by atoms with van der Waals surface area (Å²) in [4.78, 5) is 25.8. The van der Waals surface area contributed by atoms with E-state index in [1.54, 1.807) is 30.6 Å². The van der Waals surface area contributed by atoms with Crippen LogP contribution in [-0.4, -0.2) is 51.3 Å². The first-order valence-corrected chi connectivity index (χ1v) is 15.1. The van der Waals surface area contributed by atoms with Crippen LogP contribution in [0.3, 0.4) is 0 Å². The molecule has 2 aromatic heterocycles. The zero-order valence-electron chi connectivity index (χ0n) is 22.9.